The fraction of sp³-hybridized carbons (Fsp3) is 0.476. The number of aromatic nitrogens is 2. The number of nitrogens with zero attached hydrogens (tertiary/aromatic N) is 2. The summed E-state index contributed by atoms with van der Waals surface area (Å²) in [5.74, 6) is 0.312. The summed E-state index contributed by atoms with van der Waals surface area (Å²) in [5, 5.41) is 0. The van der Waals surface area contributed by atoms with Gasteiger partial charge in [-0.15, -0.1) is 0 Å². The van der Waals surface area contributed by atoms with Gasteiger partial charge in [0.05, 0.1) is 19.6 Å². The highest BCUT2D eigenvalue weighted by atomic mass is 16.5. The van der Waals surface area contributed by atoms with E-state index in [9.17, 15) is 14.4 Å². The number of anilines is 2. The van der Waals surface area contributed by atoms with Crippen LogP contribution in [0.5, 0.6) is 5.75 Å². The molecule has 9 heteroatoms. The SMILES string of the molecule is CCCn1c(N)c(N(CCOC)C(=O)CCOc2ccc(C)cc2C)c(=O)[nH]c1=O. The van der Waals surface area contributed by atoms with Crippen molar-refractivity contribution in [2.24, 2.45) is 0 Å². The molecule has 0 bridgehead atoms. The lowest BCUT2D eigenvalue weighted by Crippen LogP contribution is -2.42. The van der Waals surface area contributed by atoms with Gasteiger partial charge in [-0.05, 0) is 31.9 Å². The van der Waals surface area contributed by atoms with E-state index in [1.54, 1.807) is 0 Å². The van der Waals surface area contributed by atoms with E-state index in [-0.39, 0.29) is 43.6 Å². The number of ether oxygens (including phenoxy) is 2. The van der Waals surface area contributed by atoms with Gasteiger partial charge in [-0.3, -0.25) is 19.1 Å². The van der Waals surface area contributed by atoms with Gasteiger partial charge in [-0.25, -0.2) is 4.79 Å². The van der Waals surface area contributed by atoms with Crippen molar-refractivity contribution in [3.63, 3.8) is 0 Å². The number of H-pyrrole nitrogens is 1. The number of carbonyl (C=O) groups is 1. The Hall–Kier alpha value is -3.07. The summed E-state index contributed by atoms with van der Waals surface area (Å²) in [7, 11) is 1.50. The molecule has 1 aromatic heterocycles. The zero-order chi connectivity index (χ0) is 22.3. The zero-order valence-electron chi connectivity index (χ0n) is 18.0. The van der Waals surface area contributed by atoms with E-state index in [1.165, 1.54) is 16.6 Å². The van der Waals surface area contributed by atoms with Gasteiger partial charge in [0.1, 0.15) is 11.6 Å². The normalized spacial score (nSPS) is 10.8. The Morgan fingerprint density at radius 1 is 1.23 bits per heavy atom. The van der Waals surface area contributed by atoms with Crippen molar-refractivity contribution < 1.29 is 14.3 Å². The lowest BCUT2D eigenvalue weighted by molar-refractivity contribution is -0.119. The molecule has 0 aliphatic carbocycles. The number of hydrogen-bond donors (Lipinski definition) is 2. The van der Waals surface area contributed by atoms with E-state index in [0.717, 1.165) is 11.1 Å². The third-order valence-electron chi connectivity index (χ3n) is 4.66. The molecule has 0 fully saturated rings. The van der Waals surface area contributed by atoms with E-state index in [2.05, 4.69) is 4.98 Å². The van der Waals surface area contributed by atoms with Gasteiger partial charge in [0.25, 0.3) is 5.56 Å². The highest BCUT2D eigenvalue weighted by Gasteiger charge is 2.24. The monoisotopic (exact) mass is 418 g/mol. The Bertz CT molecular complexity index is 996. The number of aryl methyl sites for hydroxylation is 2. The number of nitrogen functional groups attached to an aromatic ring is 1. The number of rotatable bonds is 10. The van der Waals surface area contributed by atoms with Crippen molar-refractivity contribution in [2.75, 3.05) is 37.5 Å². The maximum atomic E-state index is 12.9. The molecule has 0 radical (unpaired) electrons. The number of aromatic amines is 1. The number of nitrogens with two attached hydrogens (primary N) is 1. The third kappa shape index (κ3) is 5.50. The fourth-order valence-corrected chi connectivity index (χ4v) is 3.17. The molecule has 0 aliphatic rings. The van der Waals surface area contributed by atoms with Crippen LogP contribution in [0.15, 0.2) is 27.8 Å². The average molecular weight is 418 g/mol. The lowest BCUT2D eigenvalue weighted by Gasteiger charge is -2.24. The molecule has 0 atom stereocenters. The summed E-state index contributed by atoms with van der Waals surface area (Å²) in [6, 6.07) is 5.80. The Morgan fingerprint density at radius 2 is 1.97 bits per heavy atom. The Morgan fingerprint density at radius 3 is 2.60 bits per heavy atom. The van der Waals surface area contributed by atoms with Crippen molar-refractivity contribution in [3.05, 3.63) is 50.2 Å². The minimum absolute atomic E-state index is 0.0306. The summed E-state index contributed by atoms with van der Waals surface area (Å²) in [4.78, 5) is 41.0. The van der Waals surface area contributed by atoms with Gasteiger partial charge in [0.15, 0.2) is 5.69 Å². The molecule has 2 aromatic rings. The largest absolute Gasteiger partial charge is 0.493 e. The van der Waals surface area contributed by atoms with Crippen LogP contribution in [0.1, 0.15) is 30.9 Å². The lowest BCUT2D eigenvalue weighted by atomic mass is 10.1. The molecule has 2 rings (SSSR count). The van der Waals surface area contributed by atoms with Crippen molar-refractivity contribution in [1.82, 2.24) is 9.55 Å². The van der Waals surface area contributed by atoms with E-state index < -0.39 is 11.2 Å². The Balaban J connectivity index is 2.24. The molecular weight excluding hydrogens is 388 g/mol. The van der Waals surface area contributed by atoms with Crippen LogP contribution < -0.4 is 26.6 Å². The molecule has 1 aromatic carbocycles. The second kappa shape index (κ2) is 10.6. The molecule has 30 heavy (non-hydrogen) atoms. The maximum Gasteiger partial charge on any atom is 0.330 e. The summed E-state index contributed by atoms with van der Waals surface area (Å²) in [5.41, 5.74) is 6.87. The molecule has 164 valence electrons. The fourth-order valence-electron chi connectivity index (χ4n) is 3.17. The molecule has 0 saturated heterocycles. The molecule has 0 unspecified atom stereocenters. The first-order valence-corrected chi connectivity index (χ1v) is 9.92. The van der Waals surface area contributed by atoms with Crippen molar-refractivity contribution in [2.45, 2.75) is 40.2 Å². The standard InChI is InChI=1S/C21H30N4O5/c1-5-9-25-19(22)18(20(27)23-21(25)28)24(10-12-29-4)17(26)8-11-30-16-7-6-14(2)13-15(16)3/h6-7,13H,5,8-12,22H2,1-4H3,(H,23,27,28). The van der Waals surface area contributed by atoms with Crippen molar-refractivity contribution in [3.8, 4) is 5.75 Å². The van der Waals surface area contributed by atoms with E-state index in [4.69, 9.17) is 15.2 Å². The summed E-state index contributed by atoms with van der Waals surface area (Å²) in [6.45, 7) is 6.61. The predicted octanol–water partition coefficient (Wildman–Crippen LogP) is 1.59. The Labute approximate surface area is 175 Å². The molecular formula is C21H30N4O5. The van der Waals surface area contributed by atoms with Crippen LogP contribution in [0.25, 0.3) is 0 Å². The molecule has 9 nitrogen and oxygen atoms in total. The van der Waals surface area contributed by atoms with Gasteiger partial charge in [-0.2, -0.15) is 0 Å². The Kier molecular flexibility index (Phi) is 8.23. The maximum absolute atomic E-state index is 12.9. The third-order valence-corrected chi connectivity index (χ3v) is 4.66. The van der Waals surface area contributed by atoms with Crippen LogP contribution >= 0.6 is 0 Å². The molecule has 0 saturated carbocycles. The average Bonchev–Trinajstić information content (AvgIpc) is 2.69. The number of nitrogens with one attached hydrogen (secondary N) is 1. The minimum atomic E-state index is -0.704. The van der Waals surface area contributed by atoms with E-state index in [1.807, 2.05) is 39.0 Å². The smallest absolute Gasteiger partial charge is 0.330 e. The summed E-state index contributed by atoms with van der Waals surface area (Å²) < 4.78 is 12.1. The number of carbonyl (C=O) groups excluding carboxylic acids is 1. The summed E-state index contributed by atoms with van der Waals surface area (Å²) >= 11 is 0. The first-order chi connectivity index (χ1) is 14.3. The van der Waals surface area contributed by atoms with Crippen molar-refractivity contribution >= 4 is 17.4 Å². The van der Waals surface area contributed by atoms with E-state index in [0.29, 0.717) is 18.7 Å². The van der Waals surface area contributed by atoms with E-state index >= 15 is 0 Å². The topological polar surface area (TPSA) is 120 Å². The molecule has 0 aliphatic heterocycles. The second-order valence-electron chi connectivity index (χ2n) is 7.05. The van der Waals surface area contributed by atoms with Crippen LogP contribution in [0.4, 0.5) is 11.5 Å². The predicted molar refractivity (Wildman–Crippen MR) is 116 cm³/mol. The molecule has 1 amide bonds. The van der Waals surface area contributed by atoms with Gasteiger partial charge >= 0.3 is 5.69 Å². The molecule has 0 spiro atoms. The summed E-state index contributed by atoms with van der Waals surface area (Å²) in [6.07, 6.45) is 0.675. The number of amides is 1. The number of hydrogen-bond acceptors (Lipinski definition) is 6. The molecule has 3 N–H and O–H groups in total. The van der Waals surface area contributed by atoms with Crippen LogP contribution in [-0.2, 0) is 16.1 Å². The quantitative estimate of drug-likeness (QED) is 0.605. The number of benzene rings is 1. The van der Waals surface area contributed by atoms with Gasteiger partial charge in [0, 0.05) is 20.2 Å². The molecule has 1 heterocycles. The van der Waals surface area contributed by atoms with Crippen LogP contribution in [-0.4, -0.2) is 42.3 Å². The first kappa shape index (κ1) is 23.2. The van der Waals surface area contributed by atoms with Crippen LogP contribution in [0.2, 0.25) is 0 Å². The highest BCUT2D eigenvalue weighted by molar-refractivity contribution is 5.95. The van der Waals surface area contributed by atoms with Gasteiger partial charge in [0.2, 0.25) is 5.91 Å². The minimum Gasteiger partial charge on any atom is -0.493 e. The first-order valence-electron chi connectivity index (χ1n) is 9.92. The van der Waals surface area contributed by atoms with Gasteiger partial charge < -0.3 is 20.1 Å². The van der Waals surface area contributed by atoms with Crippen LogP contribution in [0, 0.1) is 13.8 Å². The number of methoxy groups -OCH3 is 1. The second-order valence-corrected chi connectivity index (χ2v) is 7.05. The van der Waals surface area contributed by atoms with Crippen molar-refractivity contribution in [1.29, 1.82) is 0 Å². The van der Waals surface area contributed by atoms with Crippen LogP contribution in [0.3, 0.4) is 0 Å². The van der Waals surface area contributed by atoms with Gasteiger partial charge in [-0.1, -0.05) is 24.6 Å². The highest BCUT2D eigenvalue weighted by Crippen LogP contribution is 2.20. The zero-order valence-corrected chi connectivity index (χ0v) is 18.0.